The van der Waals surface area contributed by atoms with Crippen LogP contribution in [0.4, 0.5) is 5.13 Å². The number of nitrogens with one attached hydrogen (secondary N) is 2. The number of amides is 1. The first-order valence-corrected chi connectivity index (χ1v) is 8.15. The number of aromatic amines is 1. The maximum Gasteiger partial charge on any atom is 0.226 e. The lowest BCUT2D eigenvalue weighted by Crippen LogP contribution is -2.11. The summed E-state index contributed by atoms with van der Waals surface area (Å²) in [6, 6.07) is 0. The first-order valence-electron chi connectivity index (χ1n) is 5.91. The Morgan fingerprint density at radius 3 is 3.14 bits per heavy atom. The molecule has 0 saturated carbocycles. The Morgan fingerprint density at radius 2 is 2.33 bits per heavy atom. The molecule has 21 heavy (non-hydrogen) atoms. The van der Waals surface area contributed by atoms with E-state index < -0.39 is 0 Å². The molecular formula is C11H9ClN6OS2. The zero-order chi connectivity index (χ0) is 14.7. The van der Waals surface area contributed by atoms with Gasteiger partial charge in [-0.25, -0.2) is 15.0 Å². The summed E-state index contributed by atoms with van der Waals surface area (Å²) in [6.45, 7) is 0. The molecule has 0 aliphatic rings. The number of hydrogen-bond donors (Lipinski definition) is 2. The number of aromatic nitrogens is 5. The minimum Gasteiger partial charge on any atom is -0.341 e. The molecule has 0 radical (unpaired) electrons. The van der Waals surface area contributed by atoms with Crippen LogP contribution >= 0.6 is 34.7 Å². The molecule has 0 atom stereocenters. The van der Waals surface area contributed by atoms with Crippen LogP contribution in [0.15, 0.2) is 22.9 Å². The van der Waals surface area contributed by atoms with Crippen LogP contribution in [0.2, 0.25) is 5.28 Å². The number of carbonyl (C=O) groups is 1. The van der Waals surface area contributed by atoms with E-state index in [-0.39, 0.29) is 11.2 Å². The van der Waals surface area contributed by atoms with Crippen molar-refractivity contribution >= 4 is 56.9 Å². The molecule has 0 bridgehead atoms. The molecule has 0 aliphatic carbocycles. The Hall–Kier alpha value is -1.71. The van der Waals surface area contributed by atoms with Crippen molar-refractivity contribution in [2.75, 3.05) is 11.1 Å². The van der Waals surface area contributed by atoms with E-state index in [4.69, 9.17) is 11.6 Å². The predicted molar refractivity (Wildman–Crippen MR) is 82.8 cm³/mol. The second-order valence-electron chi connectivity index (χ2n) is 3.88. The van der Waals surface area contributed by atoms with Gasteiger partial charge in [-0.2, -0.15) is 4.98 Å². The smallest absolute Gasteiger partial charge is 0.226 e. The van der Waals surface area contributed by atoms with Gasteiger partial charge >= 0.3 is 0 Å². The average molecular weight is 341 g/mol. The van der Waals surface area contributed by atoms with E-state index in [1.807, 2.05) is 5.38 Å². The van der Waals surface area contributed by atoms with Crippen LogP contribution in [0.5, 0.6) is 0 Å². The SMILES string of the molecule is O=C(CCSc1nc(Cl)nc2nc[nH]c12)Nc1nccs1. The van der Waals surface area contributed by atoms with E-state index >= 15 is 0 Å². The molecule has 0 saturated heterocycles. The van der Waals surface area contributed by atoms with Crippen LogP contribution in [0.25, 0.3) is 11.2 Å². The minimum absolute atomic E-state index is 0.0848. The largest absolute Gasteiger partial charge is 0.341 e. The molecule has 2 N–H and O–H groups in total. The molecule has 108 valence electrons. The van der Waals surface area contributed by atoms with Crippen LogP contribution < -0.4 is 5.32 Å². The van der Waals surface area contributed by atoms with Crippen LogP contribution in [-0.4, -0.2) is 36.6 Å². The fourth-order valence-corrected chi connectivity index (χ4v) is 3.28. The monoisotopic (exact) mass is 340 g/mol. The number of hydrogen-bond acceptors (Lipinski definition) is 7. The highest BCUT2D eigenvalue weighted by molar-refractivity contribution is 7.99. The van der Waals surface area contributed by atoms with Gasteiger partial charge in [0.05, 0.1) is 6.33 Å². The van der Waals surface area contributed by atoms with Crippen molar-refractivity contribution in [3.8, 4) is 0 Å². The number of imidazole rings is 1. The zero-order valence-corrected chi connectivity index (χ0v) is 12.9. The maximum absolute atomic E-state index is 11.7. The molecule has 0 fully saturated rings. The van der Waals surface area contributed by atoms with Crippen molar-refractivity contribution in [2.24, 2.45) is 0 Å². The highest BCUT2D eigenvalue weighted by Gasteiger charge is 2.11. The fourth-order valence-electron chi connectivity index (χ4n) is 1.59. The molecule has 0 spiro atoms. The van der Waals surface area contributed by atoms with Gasteiger partial charge in [0.15, 0.2) is 10.8 Å². The Balaban J connectivity index is 1.59. The number of carbonyl (C=O) groups excluding carboxylic acids is 1. The van der Waals surface area contributed by atoms with Gasteiger partial charge in [-0.3, -0.25) is 4.79 Å². The normalized spacial score (nSPS) is 10.9. The summed E-state index contributed by atoms with van der Waals surface area (Å²) >= 11 is 8.65. The third kappa shape index (κ3) is 3.49. The van der Waals surface area contributed by atoms with Gasteiger partial charge < -0.3 is 10.3 Å². The van der Waals surface area contributed by atoms with Crippen LogP contribution in [0.1, 0.15) is 6.42 Å². The first kappa shape index (κ1) is 14.2. The van der Waals surface area contributed by atoms with Crippen LogP contribution in [0.3, 0.4) is 0 Å². The third-order valence-corrected chi connectivity index (χ3v) is 4.31. The zero-order valence-electron chi connectivity index (χ0n) is 10.5. The molecule has 1 amide bonds. The summed E-state index contributed by atoms with van der Waals surface area (Å²) in [4.78, 5) is 30.9. The quantitative estimate of drug-likeness (QED) is 0.421. The second-order valence-corrected chi connectivity index (χ2v) is 6.20. The van der Waals surface area contributed by atoms with E-state index in [0.29, 0.717) is 28.0 Å². The number of H-pyrrole nitrogens is 1. The van der Waals surface area contributed by atoms with E-state index in [1.165, 1.54) is 29.4 Å². The van der Waals surface area contributed by atoms with Crippen molar-refractivity contribution in [3.63, 3.8) is 0 Å². The number of fused-ring (bicyclic) bond motifs is 1. The molecule has 7 nitrogen and oxygen atoms in total. The van der Waals surface area contributed by atoms with Gasteiger partial charge in [-0.05, 0) is 11.6 Å². The predicted octanol–water partition coefficient (Wildman–Crippen LogP) is 2.58. The number of rotatable bonds is 5. The van der Waals surface area contributed by atoms with E-state index in [1.54, 1.807) is 6.20 Å². The third-order valence-electron chi connectivity index (χ3n) is 2.47. The van der Waals surface area contributed by atoms with E-state index in [9.17, 15) is 4.79 Å². The van der Waals surface area contributed by atoms with Crippen molar-refractivity contribution in [1.29, 1.82) is 0 Å². The van der Waals surface area contributed by atoms with Gasteiger partial charge in [-0.1, -0.05) is 0 Å². The Bertz CT molecular complexity index is 759. The van der Waals surface area contributed by atoms with Gasteiger partial charge in [0, 0.05) is 23.8 Å². The van der Waals surface area contributed by atoms with Crippen molar-refractivity contribution in [3.05, 3.63) is 23.2 Å². The summed E-state index contributed by atoms with van der Waals surface area (Å²) < 4.78 is 0. The lowest BCUT2D eigenvalue weighted by Gasteiger charge is -2.03. The van der Waals surface area contributed by atoms with E-state index in [0.717, 1.165) is 5.52 Å². The lowest BCUT2D eigenvalue weighted by atomic mass is 10.5. The molecule has 10 heteroatoms. The summed E-state index contributed by atoms with van der Waals surface area (Å²) in [6.07, 6.45) is 3.53. The minimum atomic E-state index is -0.0848. The molecule has 3 aromatic heterocycles. The van der Waals surface area contributed by atoms with Crippen LogP contribution in [-0.2, 0) is 4.79 Å². The topological polar surface area (TPSA) is 96.5 Å². The van der Waals surface area contributed by atoms with Crippen LogP contribution in [0, 0.1) is 0 Å². The number of anilines is 1. The second kappa shape index (κ2) is 6.37. The summed E-state index contributed by atoms with van der Waals surface area (Å²) in [5, 5.41) is 5.97. The van der Waals surface area contributed by atoms with Gasteiger partial charge in [0.2, 0.25) is 11.2 Å². The highest BCUT2D eigenvalue weighted by Crippen LogP contribution is 2.24. The molecule has 0 aromatic carbocycles. The standard InChI is InChI=1S/C11H9ClN6OS2/c12-10-17-8-7(14-5-15-8)9(18-10)20-3-1-6(19)16-11-13-2-4-21-11/h2,4-5H,1,3H2,(H,13,16,19)(H,14,15,17,18). The van der Waals surface area contributed by atoms with Crippen molar-refractivity contribution < 1.29 is 4.79 Å². The Kier molecular flexibility index (Phi) is 4.32. The molecular weight excluding hydrogens is 332 g/mol. The highest BCUT2D eigenvalue weighted by atomic mass is 35.5. The molecule has 3 rings (SSSR count). The summed E-state index contributed by atoms with van der Waals surface area (Å²) in [7, 11) is 0. The first-order chi connectivity index (χ1) is 10.2. The maximum atomic E-state index is 11.7. The van der Waals surface area contributed by atoms with Gasteiger partial charge in [0.25, 0.3) is 0 Å². The molecule has 0 unspecified atom stereocenters. The molecule has 3 aromatic rings. The fraction of sp³-hybridized carbons (Fsp3) is 0.182. The average Bonchev–Trinajstić information content (AvgIpc) is 3.09. The number of halogens is 1. The number of thiazole rings is 1. The Labute approximate surface area is 132 Å². The van der Waals surface area contributed by atoms with Crippen molar-refractivity contribution in [1.82, 2.24) is 24.9 Å². The number of nitrogens with zero attached hydrogens (tertiary/aromatic N) is 4. The Morgan fingerprint density at radius 1 is 1.43 bits per heavy atom. The molecule has 0 aliphatic heterocycles. The molecule has 3 heterocycles. The van der Waals surface area contributed by atoms with Gasteiger partial charge in [0.1, 0.15) is 10.5 Å². The van der Waals surface area contributed by atoms with E-state index in [2.05, 4.69) is 30.2 Å². The van der Waals surface area contributed by atoms with Gasteiger partial charge in [-0.15, -0.1) is 23.1 Å². The summed E-state index contributed by atoms with van der Waals surface area (Å²) in [5.74, 6) is 0.483. The lowest BCUT2D eigenvalue weighted by molar-refractivity contribution is -0.115. The number of thioether (sulfide) groups is 1. The van der Waals surface area contributed by atoms with Crippen molar-refractivity contribution in [2.45, 2.75) is 11.4 Å². The summed E-state index contributed by atoms with van der Waals surface area (Å²) in [5.41, 5.74) is 1.24.